The lowest BCUT2D eigenvalue weighted by atomic mass is 10.2. The molecule has 0 spiro atoms. The van der Waals surface area contributed by atoms with Crippen LogP contribution in [0.5, 0.6) is 0 Å². The first kappa shape index (κ1) is 9.83. The SMILES string of the molecule is OCCCC(Cl)C(Cl)Cl. The van der Waals surface area contributed by atoms with Crippen LogP contribution < -0.4 is 0 Å². The summed E-state index contributed by atoms with van der Waals surface area (Å²) in [6, 6.07) is 0. The maximum Gasteiger partial charge on any atom is 0.124 e. The van der Waals surface area contributed by atoms with Gasteiger partial charge in [-0.2, -0.15) is 0 Å². The zero-order chi connectivity index (χ0) is 7.28. The first-order valence-corrected chi connectivity index (χ1v) is 4.02. The Bertz CT molecular complexity index is 67.2. The van der Waals surface area contributed by atoms with E-state index in [9.17, 15) is 0 Å². The predicted octanol–water partition coefficient (Wildman–Crippen LogP) is 2.17. The van der Waals surface area contributed by atoms with E-state index in [4.69, 9.17) is 39.9 Å². The van der Waals surface area contributed by atoms with Crippen molar-refractivity contribution in [1.29, 1.82) is 0 Å². The van der Waals surface area contributed by atoms with Crippen LogP contribution >= 0.6 is 34.8 Å². The normalized spacial score (nSPS) is 14.3. The van der Waals surface area contributed by atoms with Gasteiger partial charge in [0.2, 0.25) is 0 Å². The molecule has 1 unspecified atom stereocenters. The van der Waals surface area contributed by atoms with E-state index in [0.29, 0.717) is 12.8 Å². The van der Waals surface area contributed by atoms with Crippen LogP contribution in [-0.4, -0.2) is 21.9 Å². The fraction of sp³-hybridized carbons (Fsp3) is 1.00. The number of halogens is 3. The molecule has 0 aliphatic rings. The fourth-order valence-electron chi connectivity index (χ4n) is 0.412. The zero-order valence-electron chi connectivity index (χ0n) is 4.86. The Labute approximate surface area is 69.9 Å². The molecule has 0 saturated carbocycles. The molecule has 1 atom stereocenters. The van der Waals surface area contributed by atoms with Crippen molar-refractivity contribution >= 4 is 34.8 Å². The topological polar surface area (TPSA) is 20.2 Å². The smallest absolute Gasteiger partial charge is 0.124 e. The molecule has 0 heterocycles. The standard InChI is InChI=1S/C5H9Cl3O/c6-4(5(7)8)2-1-3-9/h4-5,9H,1-3H2. The van der Waals surface area contributed by atoms with E-state index >= 15 is 0 Å². The Morgan fingerprint density at radius 3 is 2.11 bits per heavy atom. The summed E-state index contributed by atoms with van der Waals surface area (Å²) in [5.41, 5.74) is 0. The molecule has 0 aliphatic carbocycles. The number of aliphatic hydroxyl groups is 1. The molecule has 1 nitrogen and oxygen atoms in total. The molecule has 0 fully saturated rings. The van der Waals surface area contributed by atoms with Crippen LogP contribution in [0.1, 0.15) is 12.8 Å². The van der Waals surface area contributed by atoms with Gasteiger partial charge in [0.05, 0.1) is 5.38 Å². The third-order valence-electron chi connectivity index (χ3n) is 0.911. The molecule has 0 aromatic heterocycles. The van der Waals surface area contributed by atoms with Crippen molar-refractivity contribution in [3.63, 3.8) is 0 Å². The minimum absolute atomic E-state index is 0.143. The molecule has 0 aromatic carbocycles. The lowest BCUT2D eigenvalue weighted by Gasteiger charge is -2.07. The highest BCUT2D eigenvalue weighted by Gasteiger charge is 2.11. The molecule has 0 radical (unpaired) electrons. The maximum absolute atomic E-state index is 8.35. The summed E-state index contributed by atoms with van der Waals surface area (Å²) in [7, 11) is 0. The molecule has 0 aromatic rings. The van der Waals surface area contributed by atoms with Crippen molar-refractivity contribution in [2.45, 2.75) is 23.1 Å². The number of aliphatic hydroxyl groups excluding tert-OH is 1. The van der Waals surface area contributed by atoms with E-state index in [0.717, 1.165) is 0 Å². The first-order chi connectivity index (χ1) is 4.18. The Morgan fingerprint density at radius 2 is 1.78 bits per heavy atom. The molecule has 56 valence electrons. The van der Waals surface area contributed by atoms with Crippen LogP contribution in [0.3, 0.4) is 0 Å². The molecule has 0 amide bonds. The van der Waals surface area contributed by atoms with E-state index < -0.39 is 4.84 Å². The van der Waals surface area contributed by atoms with Gasteiger partial charge in [-0.15, -0.1) is 34.8 Å². The highest BCUT2D eigenvalue weighted by Crippen LogP contribution is 2.18. The fourth-order valence-corrected chi connectivity index (χ4v) is 0.819. The van der Waals surface area contributed by atoms with Crippen molar-refractivity contribution in [2.75, 3.05) is 6.61 Å². The van der Waals surface area contributed by atoms with Gasteiger partial charge >= 0.3 is 0 Å². The number of hydrogen-bond acceptors (Lipinski definition) is 1. The second-order valence-electron chi connectivity index (χ2n) is 1.72. The average molecular weight is 191 g/mol. The second-order valence-corrected chi connectivity index (χ2v) is 3.44. The quantitative estimate of drug-likeness (QED) is 0.675. The molecule has 0 bridgehead atoms. The van der Waals surface area contributed by atoms with Crippen molar-refractivity contribution in [3.05, 3.63) is 0 Å². The van der Waals surface area contributed by atoms with Crippen LogP contribution in [0.2, 0.25) is 0 Å². The second kappa shape index (κ2) is 5.60. The first-order valence-electron chi connectivity index (χ1n) is 2.71. The number of alkyl halides is 3. The summed E-state index contributed by atoms with van der Waals surface area (Å²) in [5.74, 6) is 0. The Morgan fingerprint density at radius 1 is 1.22 bits per heavy atom. The van der Waals surface area contributed by atoms with Gasteiger partial charge in [0.15, 0.2) is 0 Å². The van der Waals surface area contributed by atoms with E-state index in [1.54, 1.807) is 0 Å². The van der Waals surface area contributed by atoms with Crippen LogP contribution in [0.4, 0.5) is 0 Å². The Hall–Kier alpha value is 0.830. The van der Waals surface area contributed by atoms with Gasteiger partial charge in [0.25, 0.3) is 0 Å². The molecule has 0 rings (SSSR count). The minimum atomic E-state index is -0.529. The highest BCUT2D eigenvalue weighted by molar-refractivity contribution is 6.48. The molecular weight excluding hydrogens is 182 g/mol. The van der Waals surface area contributed by atoms with Gasteiger partial charge in [-0.25, -0.2) is 0 Å². The minimum Gasteiger partial charge on any atom is -0.396 e. The summed E-state index contributed by atoms with van der Waals surface area (Å²) >= 11 is 16.5. The van der Waals surface area contributed by atoms with E-state index in [1.807, 2.05) is 0 Å². The van der Waals surface area contributed by atoms with Crippen molar-refractivity contribution < 1.29 is 5.11 Å². The van der Waals surface area contributed by atoms with Gasteiger partial charge in [-0.1, -0.05) is 0 Å². The molecule has 0 saturated heterocycles. The third kappa shape index (κ3) is 5.28. The number of rotatable bonds is 4. The van der Waals surface area contributed by atoms with E-state index in [-0.39, 0.29) is 12.0 Å². The van der Waals surface area contributed by atoms with E-state index in [1.165, 1.54) is 0 Å². The lowest BCUT2D eigenvalue weighted by Crippen LogP contribution is -2.08. The summed E-state index contributed by atoms with van der Waals surface area (Å²) < 4.78 is 0. The van der Waals surface area contributed by atoms with Crippen LogP contribution in [0.25, 0.3) is 0 Å². The van der Waals surface area contributed by atoms with Crippen molar-refractivity contribution in [2.24, 2.45) is 0 Å². The van der Waals surface area contributed by atoms with Gasteiger partial charge in [0, 0.05) is 6.61 Å². The summed E-state index contributed by atoms with van der Waals surface area (Å²) in [4.78, 5) is -0.529. The Kier molecular flexibility index (Phi) is 6.12. The van der Waals surface area contributed by atoms with Crippen molar-refractivity contribution in [3.8, 4) is 0 Å². The van der Waals surface area contributed by atoms with Crippen LogP contribution in [-0.2, 0) is 0 Å². The van der Waals surface area contributed by atoms with Crippen LogP contribution in [0.15, 0.2) is 0 Å². The predicted molar refractivity (Wildman–Crippen MR) is 41.5 cm³/mol. The molecule has 4 heteroatoms. The van der Waals surface area contributed by atoms with Crippen molar-refractivity contribution in [1.82, 2.24) is 0 Å². The van der Waals surface area contributed by atoms with Gasteiger partial charge in [0.1, 0.15) is 4.84 Å². The molecule has 9 heavy (non-hydrogen) atoms. The maximum atomic E-state index is 8.35. The largest absolute Gasteiger partial charge is 0.396 e. The Balaban J connectivity index is 3.16. The van der Waals surface area contributed by atoms with Gasteiger partial charge in [-0.05, 0) is 12.8 Å². The third-order valence-corrected chi connectivity index (χ3v) is 2.25. The summed E-state index contributed by atoms with van der Waals surface area (Å²) in [5, 5.41) is 8.12. The number of hydrogen-bond donors (Lipinski definition) is 1. The highest BCUT2D eigenvalue weighted by atomic mass is 35.5. The lowest BCUT2D eigenvalue weighted by molar-refractivity contribution is 0.284. The molecular formula is C5H9Cl3O. The summed E-state index contributed by atoms with van der Waals surface area (Å²) in [6.07, 6.45) is 1.32. The molecule has 1 N–H and O–H groups in total. The van der Waals surface area contributed by atoms with Gasteiger partial charge < -0.3 is 5.11 Å². The zero-order valence-corrected chi connectivity index (χ0v) is 7.12. The molecule has 0 aliphatic heterocycles. The van der Waals surface area contributed by atoms with Gasteiger partial charge in [-0.3, -0.25) is 0 Å². The van der Waals surface area contributed by atoms with E-state index in [2.05, 4.69) is 0 Å². The summed E-state index contributed by atoms with van der Waals surface area (Å²) in [6.45, 7) is 0.143. The average Bonchev–Trinajstić information content (AvgIpc) is 1.82. The monoisotopic (exact) mass is 190 g/mol. The van der Waals surface area contributed by atoms with Crippen LogP contribution in [0, 0.1) is 0 Å².